The van der Waals surface area contributed by atoms with Gasteiger partial charge in [0.25, 0.3) is 11.7 Å². The van der Waals surface area contributed by atoms with Crippen molar-refractivity contribution >= 4 is 50.7 Å². The first-order chi connectivity index (χ1) is 14.3. The Labute approximate surface area is 186 Å². The second-order valence-corrected chi connectivity index (χ2v) is 8.29. The lowest BCUT2D eigenvalue weighted by Crippen LogP contribution is -2.30. The fourth-order valence-corrected chi connectivity index (χ4v) is 4.02. The lowest BCUT2D eigenvalue weighted by atomic mass is 9.98. The summed E-state index contributed by atoms with van der Waals surface area (Å²) in [6.45, 7) is 3.65. The molecule has 1 amide bonds. The number of benzene rings is 2. The summed E-state index contributed by atoms with van der Waals surface area (Å²) in [5, 5.41) is 11.5. The number of halogens is 2. The zero-order chi connectivity index (χ0) is 21.6. The maximum Gasteiger partial charge on any atom is 0.300 e. The quantitative estimate of drug-likeness (QED) is 0.283. The van der Waals surface area contributed by atoms with Gasteiger partial charge >= 0.3 is 0 Å². The SMILES string of the molecule is Cc1cc(/C(O)=C2/C(=O)C(=O)N(c3cccc(Cl)c3C)C2c2ccco2)ccc1Br. The Morgan fingerprint density at radius 3 is 2.57 bits per heavy atom. The molecule has 0 saturated carbocycles. The van der Waals surface area contributed by atoms with Crippen molar-refractivity contribution in [2.45, 2.75) is 19.9 Å². The zero-order valence-electron chi connectivity index (χ0n) is 16.1. The molecule has 152 valence electrons. The van der Waals surface area contributed by atoms with E-state index < -0.39 is 17.7 Å². The van der Waals surface area contributed by atoms with E-state index in [-0.39, 0.29) is 11.3 Å². The second kappa shape index (κ2) is 7.78. The third-order valence-corrected chi connectivity index (χ3v) is 6.49. The van der Waals surface area contributed by atoms with Gasteiger partial charge in [0, 0.05) is 20.7 Å². The highest BCUT2D eigenvalue weighted by atomic mass is 79.9. The van der Waals surface area contributed by atoms with E-state index in [2.05, 4.69) is 15.9 Å². The van der Waals surface area contributed by atoms with Gasteiger partial charge in [-0.2, -0.15) is 0 Å². The van der Waals surface area contributed by atoms with Crippen LogP contribution >= 0.6 is 27.5 Å². The number of aliphatic hydroxyl groups excluding tert-OH is 1. The smallest absolute Gasteiger partial charge is 0.300 e. The predicted octanol–water partition coefficient (Wildman–Crippen LogP) is 5.94. The molecule has 1 atom stereocenters. The largest absolute Gasteiger partial charge is 0.507 e. The van der Waals surface area contributed by atoms with Crippen molar-refractivity contribution in [1.29, 1.82) is 0 Å². The van der Waals surface area contributed by atoms with Crippen molar-refractivity contribution < 1.29 is 19.1 Å². The summed E-state index contributed by atoms with van der Waals surface area (Å²) in [6, 6.07) is 12.8. The number of Topliss-reactive ketones (excluding diaryl/α,β-unsaturated/α-hetero) is 1. The molecule has 0 aliphatic carbocycles. The van der Waals surface area contributed by atoms with Crippen molar-refractivity contribution in [2.75, 3.05) is 4.90 Å². The minimum Gasteiger partial charge on any atom is -0.507 e. The number of hydrogen-bond acceptors (Lipinski definition) is 4. The molecular formula is C23H17BrClNO4. The topological polar surface area (TPSA) is 70.8 Å². The number of furan rings is 1. The molecule has 5 nitrogen and oxygen atoms in total. The number of aryl methyl sites for hydroxylation is 1. The molecule has 1 fully saturated rings. The van der Waals surface area contributed by atoms with Crippen molar-refractivity contribution in [3.8, 4) is 0 Å². The van der Waals surface area contributed by atoms with Crippen molar-refractivity contribution in [2.24, 2.45) is 0 Å². The minimum absolute atomic E-state index is 0.0314. The lowest BCUT2D eigenvalue weighted by Gasteiger charge is -2.25. The van der Waals surface area contributed by atoms with Crippen LogP contribution in [-0.2, 0) is 9.59 Å². The highest BCUT2D eigenvalue weighted by Crippen LogP contribution is 2.44. The van der Waals surface area contributed by atoms with Gasteiger partial charge < -0.3 is 9.52 Å². The van der Waals surface area contributed by atoms with Gasteiger partial charge in [-0.25, -0.2) is 0 Å². The molecule has 0 bridgehead atoms. The monoisotopic (exact) mass is 485 g/mol. The normalized spacial score (nSPS) is 18.3. The molecule has 30 heavy (non-hydrogen) atoms. The molecule has 1 aliphatic heterocycles. The number of aliphatic hydroxyl groups is 1. The van der Waals surface area contributed by atoms with Crippen molar-refractivity contribution in [3.63, 3.8) is 0 Å². The molecule has 1 unspecified atom stereocenters. The first kappa shape index (κ1) is 20.4. The minimum atomic E-state index is -0.916. The number of ketones is 1. The van der Waals surface area contributed by atoms with Crippen LogP contribution < -0.4 is 4.90 Å². The van der Waals surface area contributed by atoms with E-state index in [1.54, 1.807) is 55.5 Å². The maximum atomic E-state index is 13.1. The predicted molar refractivity (Wildman–Crippen MR) is 119 cm³/mol. The zero-order valence-corrected chi connectivity index (χ0v) is 18.5. The molecule has 0 spiro atoms. The van der Waals surface area contributed by atoms with E-state index >= 15 is 0 Å². The Balaban J connectivity index is 1.96. The Hall–Kier alpha value is -2.83. The van der Waals surface area contributed by atoms with Gasteiger partial charge in [0.15, 0.2) is 0 Å². The number of hydrogen-bond donors (Lipinski definition) is 1. The van der Waals surface area contributed by atoms with Crippen LogP contribution in [0.2, 0.25) is 5.02 Å². The molecule has 7 heteroatoms. The van der Waals surface area contributed by atoms with E-state index in [1.165, 1.54) is 11.2 Å². The third-order valence-electron chi connectivity index (χ3n) is 5.19. The van der Waals surface area contributed by atoms with Crippen molar-refractivity contribution in [1.82, 2.24) is 0 Å². The number of rotatable bonds is 3. The number of anilines is 1. The Morgan fingerprint density at radius 1 is 1.13 bits per heavy atom. The number of nitrogens with zero attached hydrogens (tertiary/aromatic N) is 1. The fraction of sp³-hybridized carbons (Fsp3) is 0.130. The Morgan fingerprint density at radius 2 is 1.90 bits per heavy atom. The fourth-order valence-electron chi connectivity index (χ4n) is 3.60. The molecule has 1 N–H and O–H groups in total. The molecule has 4 rings (SSSR count). The molecule has 2 heterocycles. The molecule has 2 aromatic carbocycles. The standard InChI is InChI=1S/C23H17BrClNO4/c1-12-11-14(8-9-15(12)24)21(27)19-20(18-7-4-10-30-18)26(23(29)22(19)28)17-6-3-5-16(25)13(17)2/h3-11,20,27H,1-2H3/b21-19-. The summed E-state index contributed by atoms with van der Waals surface area (Å²) >= 11 is 9.69. The van der Waals surface area contributed by atoms with Gasteiger partial charge in [-0.15, -0.1) is 0 Å². The first-order valence-corrected chi connectivity index (χ1v) is 10.3. The van der Waals surface area contributed by atoms with E-state index in [4.69, 9.17) is 16.0 Å². The van der Waals surface area contributed by atoms with Gasteiger partial charge in [0.1, 0.15) is 17.6 Å². The number of amides is 1. The second-order valence-electron chi connectivity index (χ2n) is 7.03. The number of carbonyl (C=O) groups excluding carboxylic acids is 2. The van der Waals surface area contributed by atoms with Crippen LogP contribution in [0.15, 0.2) is 69.3 Å². The van der Waals surface area contributed by atoms with E-state index in [0.717, 1.165) is 10.0 Å². The highest BCUT2D eigenvalue weighted by Gasteiger charge is 2.48. The summed E-state index contributed by atoms with van der Waals surface area (Å²) < 4.78 is 6.44. The molecule has 0 radical (unpaired) electrons. The van der Waals surface area contributed by atoms with Crippen LogP contribution in [0.1, 0.15) is 28.5 Å². The Kier molecular flexibility index (Phi) is 5.30. The third kappa shape index (κ3) is 3.26. The summed E-state index contributed by atoms with van der Waals surface area (Å²) in [5.41, 5.74) is 2.42. The maximum absolute atomic E-state index is 13.1. The van der Waals surface area contributed by atoms with Gasteiger partial charge in [0.2, 0.25) is 0 Å². The van der Waals surface area contributed by atoms with Crippen LogP contribution in [0.25, 0.3) is 5.76 Å². The van der Waals surface area contributed by atoms with Gasteiger partial charge in [-0.1, -0.05) is 39.7 Å². The summed E-state index contributed by atoms with van der Waals surface area (Å²) in [6.07, 6.45) is 1.46. The Bertz CT molecular complexity index is 1200. The molecule has 1 saturated heterocycles. The van der Waals surface area contributed by atoms with Crippen molar-refractivity contribution in [3.05, 3.63) is 92.3 Å². The molecule has 1 aliphatic rings. The highest BCUT2D eigenvalue weighted by molar-refractivity contribution is 9.10. The first-order valence-electron chi connectivity index (χ1n) is 9.17. The van der Waals surface area contributed by atoms with Gasteiger partial charge in [0.05, 0.1) is 11.8 Å². The summed E-state index contributed by atoms with van der Waals surface area (Å²) in [4.78, 5) is 27.5. The summed E-state index contributed by atoms with van der Waals surface area (Å²) in [7, 11) is 0. The van der Waals surface area contributed by atoms with Gasteiger partial charge in [-0.3, -0.25) is 14.5 Å². The molecule has 1 aromatic heterocycles. The van der Waals surface area contributed by atoms with Crippen LogP contribution in [0.3, 0.4) is 0 Å². The summed E-state index contributed by atoms with van der Waals surface area (Å²) in [5.74, 6) is -1.43. The number of carbonyl (C=O) groups is 2. The average molecular weight is 487 g/mol. The lowest BCUT2D eigenvalue weighted by molar-refractivity contribution is -0.132. The van der Waals surface area contributed by atoms with Gasteiger partial charge in [-0.05, 0) is 61.4 Å². The average Bonchev–Trinajstić information content (AvgIpc) is 3.33. The van der Waals surface area contributed by atoms with Crippen LogP contribution in [0, 0.1) is 13.8 Å². The van der Waals surface area contributed by atoms with E-state index in [1.807, 2.05) is 6.92 Å². The molecule has 3 aromatic rings. The molecular weight excluding hydrogens is 470 g/mol. The van der Waals surface area contributed by atoms with E-state index in [0.29, 0.717) is 27.6 Å². The van der Waals surface area contributed by atoms with Crippen LogP contribution in [0.5, 0.6) is 0 Å². The van der Waals surface area contributed by atoms with Crippen LogP contribution in [0.4, 0.5) is 5.69 Å². The van der Waals surface area contributed by atoms with E-state index in [9.17, 15) is 14.7 Å². The van der Waals surface area contributed by atoms with Crippen LogP contribution in [-0.4, -0.2) is 16.8 Å².